The molecule has 1 aliphatic rings. The Bertz CT molecular complexity index is 723. The van der Waals surface area contributed by atoms with Gasteiger partial charge in [-0.2, -0.15) is 0 Å². The number of hydrogen-bond acceptors (Lipinski definition) is 3. The van der Waals surface area contributed by atoms with Crippen LogP contribution in [0.2, 0.25) is 0 Å². The van der Waals surface area contributed by atoms with E-state index in [0.29, 0.717) is 16.3 Å². The number of nitrogens with one attached hydrogen (secondary N) is 2. The van der Waals surface area contributed by atoms with Gasteiger partial charge in [-0.1, -0.05) is 18.2 Å². The lowest BCUT2D eigenvalue weighted by Crippen LogP contribution is -2.34. The molecule has 0 saturated carbocycles. The molecule has 1 aliphatic heterocycles. The van der Waals surface area contributed by atoms with Crippen LogP contribution in [0.5, 0.6) is 5.75 Å². The van der Waals surface area contributed by atoms with Crippen LogP contribution in [0.15, 0.2) is 47.4 Å². The van der Waals surface area contributed by atoms with Gasteiger partial charge in [0.15, 0.2) is 0 Å². The summed E-state index contributed by atoms with van der Waals surface area (Å²) < 4.78 is 19.0. The van der Waals surface area contributed by atoms with E-state index in [1.807, 2.05) is 6.07 Å². The van der Waals surface area contributed by atoms with Gasteiger partial charge in [0.1, 0.15) is 11.6 Å². The normalized spacial score (nSPS) is 16.3. The van der Waals surface area contributed by atoms with Crippen LogP contribution >= 0.6 is 11.8 Å². The number of anilines is 1. The minimum atomic E-state index is -0.314. The van der Waals surface area contributed by atoms with Gasteiger partial charge >= 0.3 is 6.03 Å². The summed E-state index contributed by atoms with van der Waals surface area (Å²) in [6, 6.07) is 11.6. The number of methoxy groups -OCH3 is 1. The van der Waals surface area contributed by atoms with Gasteiger partial charge in [0.05, 0.1) is 13.2 Å². The number of hydrogen-bond donors (Lipinski definition) is 2. The molecule has 2 aromatic rings. The van der Waals surface area contributed by atoms with E-state index in [0.717, 1.165) is 17.7 Å². The number of amides is 2. The molecular formula is C17H17FN2O2S. The average Bonchev–Trinajstić information content (AvgIpc) is 2.56. The van der Waals surface area contributed by atoms with Crippen molar-refractivity contribution >= 4 is 23.5 Å². The van der Waals surface area contributed by atoms with Gasteiger partial charge in [0.25, 0.3) is 0 Å². The lowest BCUT2D eigenvalue weighted by molar-refractivity contribution is 0.248. The van der Waals surface area contributed by atoms with Gasteiger partial charge in [0.2, 0.25) is 0 Å². The molecule has 2 N–H and O–H groups in total. The second-order valence-electron chi connectivity index (χ2n) is 5.18. The molecule has 0 aromatic heterocycles. The monoisotopic (exact) mass is 332 g/mol. The molecule has 2 amide bonds. The Hall–Kier alpha value is -2.21. The summed E-state index contributed by atoms with van der Waals surface area (Å²) in [5.41, 5.74) is 1.48. The number of ether oxygens (including phenoxy) is 1. The first-order chi connectivity index (χ1) is 11.2. The molecule has 0 radical (unpaired) electrons. The molecule has 0 aliphatic carbocycles. The van der Waals surface area contributed by atoms with Gasteiger partial charge in [-0.15, -0.1) is 11.8 Å². The van der Waals surface area contributed by atoms with Crippen molar-refractivity contribution in [3.63, 3.8) is 0 Å². The van der Waals surface area contributed by atoms with Crippen LogP contribution in [0.3, 0.4) is 0 Å². The molecule has 6 heteroatoms. The third-order valence-corrected chi connectivity index (χ3v) is 4.82. The summed E-state index contributed by atoms with van der Waals surface area (Å²) in [5, 5.41) is 5.70. The second kappa shape index (κ2) is 6.91. The molecular weight excluding hydrogens is 315 g/mol. The van der Waals surface area contributed by atoms with Crippen molar-refractivity contribution in [2.45, 2.75) is 17.4 Å². The summed E-state index contributed by atoms with van der Waals surface area (Å²) in [5.74, 6) is 1.22. The van der Waals surface area contributed by atoms with Crippen molar-refractivity contribution < 1.29 is 13.9 Å². The van der Waals surface area contributed by atoms with E-state index in [2.05, 4.69) is 10.6 Å². The molecule has 4 nitrogen and oxygen atoms in total. The Morgan fingerprint density at radius 2 is 2.13 bits per heavy atom. The van der Waals surface area contributed by atoms with E-state index in [9.17, 15) is 9.18 Å². The molecule has 1 atom stereocenters. The molecule has 0 bridgehead atoms. The van der Waals surface area contributed by atoms with Gasteiger partial charge in [-0.25, -0.2) is 9.18 Å². The SMILES string of the molecule is COc1cccc(NC(=O)NC2CCSc3c(F)cccc32)c1. The van der Waals surface area contributed by atoms with E-state index in [4.69, 9.17) is 4.74 Å². The van der Waals surface area contributed by atoms with E-state index in [-0.39, 0.29) is 17.9 Å². The number of thioether (sulfide) groups is 1. The summed E-state index contributed by atoms with van der Waals surface area (Å²) >= 11 is 1.49. The largest absolute Gasteiger partial charge is 0.497 e. The number of halogens is 1. The molecule has 0 spiro atoms. The van der Waals surface area contributed by atoms with Crippen molar-refractivity contribution in [1.29, 1.82) is 0 Å². The number of carbonyl (C=O) groups is 1. The molecule has 2 aromatic carbocycles. The third kappa shape index (κ3) is 3.59. The fourth-order valence-electron chi connectivity index (χ4n) is 2.56. The highest BCUT2D eigenvalue weighted by molar-refractivity contribution is 7.99. The fraction of sp³-hybridized carbons (Fsp3) is 0.235. The smallest absolute Gasteiger partial charge is 0.319 e. The maximum Gasteiger partial charge on any atom is 0.319 e. The molecule has 1 heterocycles. The average molecular weight is 332 g/mol. The lowest BCUT2D eigenvalue weighted by Gasteiger charge is -2.26. The van der Waals surface area contributed by atoms with Crippen LogP contribution in [0, 0.1) is 5.82 Å². The Labute approximate surface area is 138 Å². The highest BCUT2D eigenvalue weighted by atomic mass is 32.2. The summed E-state index contributed by atoms with van der Waals surface area (Å²) in [6.07, 6.45) is 0.770. The van der Waals surface area contributed by atoms with E-state index in [1.54, 1.807) is 37.4 Å². The zero-order valence-corrected chi connectivity index (χ0v) is 13.5. The van der Waals surface area contributed by atoms with Crippen molar-refractivity contribution in [2.24, 2.45) is 0 Å². The predicted molar refractivity (Wildman–Crippen MR) is 89.6 cm³/mol. The molecule has 0 saturated heterocycles. The van der Waals surface area contributed by atoms with Gasteiger partial charge < -0.3 is 15.4 Å². The Morgan fingerprint density at radius 3 is 2.96 bits per heavy atom. The van der Waals surface area contributed by atoms with Crippen molar-refractivity contribution in [3.05, 3.63) is 53.8 Å². The van der Waals surface area contributed by atoms with Crippen LogP contribution in [0.1, 0.15) is 18.0 Å². The van der Waals surface area contributed by atoms with E-state index in [1.165, 1.54) is 17.8 Å². The minimum Gasteiger partial charge on any atom is -0.497 e. The van der Waals surface area contributed by atoms with Crippen molar-refractivity contribution in [1.82, 2.24) is 5.32 Å². The maximum absolute atomic E-state index is 13.8. The molecule has 1 unspecified atom stereocenters. The highest BCUT2D eigenvalue weighted by Crippen LogP contribution is 2.37. The Kier molecular flexibility index (Phi) is 4.71. The number of benzene rings is 2. The van der Waals surface area contributed by atoms with Crippen molar-refractivity contribution in [3.8, 4) is 5.75 Å². The standard InChI is InChI=1S/C17H17FN2O2S/c1-22-12-5-2-4-11(10-12)19-17(21)20-15-8-9-23-16-13(15)6-3-7-14(16)18/h2-7,10,15H,8-9H2,1H3,(H2,19,20,21). The molecule has 23 heavy (non-hydrogen) atoms. The molecule has 3 rings (SSSR count). The third-order valence-electron chi connectivity index (χ3n) is 3.66. The lowest BCUT2D eigenvalue weighted by atomic mass is 10.0. The number of fused-ring (bicyclic) bond motifs is 1. The number of rotatable bonds is 3. The van der Waals surface area contributed by atoms with E-state index < -0.39 is 0 Å². The van der Waals surface area contributed by atoms with Crippen LogP contribution < -0.4 is 15.4 Å². The molecule has 0 fully saturated rings. The van der Waals surface area contributed by atoms with Crippen LogP contribution in [-0.2, 0) is 0 Å². The number of carbonyl (C=O) groups excluding carboxylic acids is 1. The summed E-state index contributed by atoms with van der Waals surface area (Å²) in [6.45, 7) is 0. The number of urea groups is 1. The van der Waals surface area contributed by atoms with Crippen molar-refractivity contribution in [2.75, 3.05) is 18.2 Å². The Balaban J connectivity index is 1.70. The first-order valence-electron chi connectivity index (χ1n) is 7.30. The van der Waals surface area contributed by atoms with E-state index >= 15 is 0 Å². The first-order valence-corrected chi connectivity index (χ1v) is 8.28. The van der Waals surface area contributed by atoms with Crippen LogP contribution in [-0.4, -0.2) is 18.9 Å². The topological polar surface area (TPSA) is 50.4 Å². The predicted octanol–water partition coefficient (Wildman–Crippen LogP) is 4.19. The van der Waals surface area contributed by atoms with Gasteiger partial charge in [0, 0.05) is 22.4 Å². The zero-order chi connectivity index (χ0) is 16.2. The van der Waals surface area contributed by atoms with Crippen LogP contribution in [0.4, 0.5) is 14.9 Å². The first kappa shape index (κ1) is 15.7. The highest BCUT2D eigenvalue weighted by Gasteiger charge is 2.24. The van der Waals surface area contributed by atoms with Crippen LogP contribution in [0.25, 0.3) is 0 Å². The maximum atomic E-state index is 13.8. The quantitative estimate of drug-likeness (QED) is 0.886. The fourth-order valence-corrected chi connectivity index (χ4v) is 3.70. The zero-order valence-electron chi connectivity index (χ0n) is 12.6. The molecule has 120 valence electrons. The second-order valence-corrected chi connectivity index (χ2v) is 6.28. The summed E-state index contributed by atoms with van der Waals surface area (Å²) in [4.78, 5) is 12.8. The van der Waals surface area contributed by atoms with Gasteiger partial charge in [-0.3, -0.25) is 0 Å². The Morgan fingerprint density at radius 1 is 1.30 bits per heavy atom. The van der Waals surface area contributed by atoms with Gasteiger partial charge in [-0.05, 0) is 30.2 Å². The summed E-state index contributed by atoms with van der Waals surface area (Å²) in [7, 11) is 1.57. The minimum absolute atomic E-state index is 0.187.